The molecule has 0 unspecified atom stereocenters. The van der Waals surface area contributed by atoms with Crippen LogP contribution in [0.25, 0.3) is 0 Å². The van der Waals surface area contributed by atoms with Gasteiger partial charge in [0.1, 0.15) is 5.75 Å². The van der Waals surface area contributed by atoms with Crippen molar-refractivity contribution in [2.45, 2.75) is 12.3 Å². The second-order valence-electron chi connectivity index (χ2n) is 6.44. The van der Waals surface area contributed by atoms with Gasteiger partial charge in [0, 0.05) is 29.7 Å². The van der Waals surface area contributed by atoms with Crippen molar-refractivity contribution in [3.63, 3.8) is 0 Å². The van der Waals surface area contributed by atoms with E-state index in [1.165, 1.54) is 33.5 Å². The molecule has 2 atom stereocenters. The maximum Gasteiger partial charge on any atom is 0.315 e. The van der Waals surface area contributed by atoms with E-state index in [2.05, 4.69) is 6.58 Å². The first-order valence-corrected chi connectivity index (χ1v) is 8.86. The average Bonchev–Trinajstić information content (AvgIpc) is 2.73. The van der Waals surface area contributed by atoms with Crippen LogP contribution >= 0.6 is 0 Å². The number of hydrogen-bond acceptors (Lipinski definition) is 7. The van der Waals surface area contributed by atoms with E-state index in [1.54, 1.807) is 24.3 Å². The van der Waals surface area contributed by atoms with Crippen LogP contribution in [0.5, 0.6) is 23.0 Å². The highest BCUT2D eigenvalue weighted by molar-refractivity contribution is 5.83. The zero-order valence-corrected chi connectivity index (χ0v) is 16.3. The summed E-state index contributed by atoms with van der Waals surface area (Å²) in [5.74, 6) is -0.0558. The Balaban J connectivity index is 2.28. The predicted octanol–water partition coefficient (Wildman–Crippen LogP) is 3.86. The van der Waals surface area contributed by atoms with E-state index in [0.29, 0.717) is 40.5 Å². The van der Waals surface area contributed by atoms with E-state index in [0.717, 1.165) is 0 Å². The lowest BCUT2D eigenvalue weighted by Gasteiger charge is -2.33. The summed E-state index contributed by atoms with van der Waals surface area (Å²) in [5, 5.41) is 11.0. The molecule has 3 rings (SSSR count). The highest BCUT2D eigenvalue weighted by Gasteiger charge is 2.42. The van der Waals surface area contributed by atoms with Crippen LogP contribution in [0.2, 0.25) is 0 Å². The molecule has 1 heterocycles. The van der Waals surface area contributed by atoms with Gasteiger partial charge in [0.15, 0.2) is 11.5 Å². The first-order valence-electron chi connectivity index (χ1n) is 8.86. The summed E-state index contributed by atoms with van der Waals surface area (Å²) in [4.78, 5) is 23.3. The second-order valence-corrected chi connectivity index (χ2v) is 6.44. The smallest absolute Gasteiger partial charge is 0.315 e. The fourth-order valence-corrected chi connectivity index (χ4v) is 3.67. The van der Waals surface area contributed by atoms with Gasteiger partial charge in [0.2, 0.25) is 5.75 Å². The zero-order valence-electron chi connectivity index (χ0n) is 16.3. The Morgan fingerprint density at radius 1 is 1.14 bits per heavy atom. The Morgan fingerprint density at radius 3 is 2.31 bits per heavy atom. The van der Waals surface area contributed by atoms with Gasteiger partial charge < -0.3 is 18.9 Å². The Kier molecular flexibility index (Phi) is 5.72. The minimum atomic E-state index is -0.576. The van der Waals surface area contributed by atoms with Crippen molar-refractivity contribution in [3.8, 4) is 23.0 Å². The minimum absolute atomic E-state index is 0.0353. The van der Waals surface area contributed by atoms with E-state index in [-0.39, 0.29) is 5.69 Å². The van der Waals surface area contributed by atoms with E-state index in [1.807, 2.05) is 0 Å². The molecule has 2 aromatic carbocycles. The second kappa shape index (κ2) is 8.22. The summed E-state index contributed by atoms with van der Waals surface area (Å²) in [5.41, 5.74) is 1.29. The summed E-state index contributed by atoms with van der Waals surface area (Å²) in [6.45, 7) is 3.74. The van der Waals surface area contributed by atoms with Gasteiger partial charge in [-0.05, 0) is 12.0 Å². The molecule has 0 saturated carbocycles. The summed E-state index contributed by atoms with van der Waals surface area (Å²) in [7, 11) is 4.45. The molecule has 0 aliphatic carbocycles. The monoisotopic (exact) mass is 399 g/mol. The Bertz CT molecular complexity index is 952. The number of nitrogens with zero attached hydrogens (tertiary/aromatic N) is 1. The molecular formula is C21H21NO7. The van der Waals surface area contributed by atoms with E-state index < -0.39 is 22.7 Å². The largest absolute Gasteiger partial charge is 0.493 e. The van der Waals surface area contributed by atoms with Crippen LogP contribution in [-0.4, -0.2) is 32.2 Å². The SMILES string of the molecule is C=CC[C@@H]1C(=O)Oc2cc(OC)c(OC)c(OC)c2[C@@H]1c1ccc([N+](=O)[O-])cc1. The van der Waals surface area contributed by atoms with Gasteiger partial charge in [0.05, 0.1) is 32.2 Å². The number of ether oxygens (including phenoxy) is 4. The van der Waals surface area contributed by atoms with Crippen LogP contribution in [0.4, 0.5) is 5.69 Å². The lowest BCUT2D eigenvalue weighted by atomic mass is 9.76. The molecule has 0 aromatic heterocycles. The molecule has 2 aromatic rings. The van der Waals surface area contributed by atoms with Crippen LogP contribution in [0.15, 0.2) is 43.0 Å². The van der Waals surface area contributed by atoms with Crippen LogP contribution < -0.4 is 18.9 Å². The Labute approximate surface area is 167 Å². The van der Waals surface area contributed by atoms with Crippen molar-refractivity contribution < 1.29 is 28.7 Å². The molecule has 8 nitrogen and oxygen atoms in total. The predicted molar refractivity (Wildman–Crippen MR) is 105 cm³/mol. The number of rotatable bonds is 7. The number of esters is 1. The molecule has 0 saturated heterocycles. The maximum absolute atomic E-state index is 12.8. The van der Waals surface area contributed by atoms with Gasteiger partial charge in [-0.1, -0.05) is 18.2 Å². The van der Waals surface area contributed by atoms with Crippen LogP contribution in [0.1, 0.15) is 23.5 Å². The Morgan fingerprint density at radius 2 is 1.79 bits per heavy atom. The van der Waals surface area contributed by atoms with Gasteiger partial charge >= 0.3 is 5.97 Å². The first kappa shape index (κ1) is 20.2. The molecule has 0 radical (unpaired) electrons. The third kappa shape index (κ3) is 3.49. The molecule has 0 N–H and O–H groups in total. The van der Waals surface area contributed by atoms with Gasteiger partial charge in [-0.15, -0.1) is 6.58 Å². The number of nitro groups is 1. The van der Waals surface area contributed by atoms with Gasteiger partial charge in [-0.3, -0.25) is 14.9 Å². The third-order valence-electron chi connectivity index (χ3n) is 4.94. The van der Waals surface area contributed by atoms with Crippen LogP contribution in [0.3, 0.4) is 0 Å². The summed E-state index contributed by atoms with van der Waals surface area (Å²) in [6, 6.07) is 7.67. The molecule has 1 aliphatic rings. The molecule has 0 fully saturated rings. The highest BCUT2D eigenvalue weighted by atomic mass is 16.6. The van der Waals surface area contributed by atoms with Crippen LogP contribution in [-0.2, 0) is 4.79 Å². The molecule has 0 spiro atoms. The number of carbonyl (C=O) groups is 1. The average molecular weight is 399 g/mol. The van der Waals surface area contributed by atoms with Crippen molar-refractivity contribution in [2.24, 2.45) is 5.92 Å². The molecule has 1 aliphatic heterocycles. The number of benzene rings is 2. The molecule has 29 heavy (non-hydrogen) atoms. The fourth-order valence-electron chi connectivity index (χ4n) is 3.67. The molecule has 8 heteroatoms. The van der Waals surface area contributed by atoms with E-state index in [9.17, 15) is 14.9 Å². The molecular weight excluding hydrogens is 378 g/mol. The van der Waals surface area contributed by atoms with Gasteiger partial charge in [-0.25, -0.2) is 0 Å². The fraction of sp³-hybridized carbons (Fsp3) is 0.286. The number of methoxy groups -OCH3 is 3. The van der Waals surface area contributed by atoms with Crippen molar-refractivity contribution in [1.29, 1.82) is 0 Å². The summed E-state index contributed by atoms with van der Waals surface area (Å²) in [6.07, 6.45) is 2.00. The maximum atomic E-state index is 12.8. The first-order chi connectivity index (χ1) is 14.0. The van der Waals surface area contributed by atoms with Crippen molar-refractivity contribution in [2.75, 3.05) is 21.3 Å². The number of fused-ring (bicyclic) bond motifs is 1. The van der Waals surface area contributed by atoms with Crippen molar-refractivity contribution in [3.05, 3.63) is 64.2 Å². The van der Waals surface area contributed by atoms with E-state index >= 15 is 0 Å². The Hall–Kier alpha value is -3.55. The molecule has 0 amide bonds. The van der Waals surface area contributed by atoms with Gasteiger partial charge in [-0.2, -0.15) is 0 Å². The zero-order chi connectivity index (χ0) is 21.1. The van der Waals surface area contributed by atoms with Crippen LogP contribution in [0, 0.1) is 16.0 Å². The number of hydrogen-bond donors (Lipinski definition) is 0. The topological polar surface area (TPSA) is 97.1 Å². The quantitative estimate of drug-likeness (QED) is 0.229. The van der Waals surface area contributed by atoms with Gasteiger partial charge in [0.25, 0.3) is 5.69 Å². The van der Waals surface area contributed by atoms with E-state index in [4.69, 9.17) is 18.9 Å². The summed E-state index contributed by atoms with van der Waals surface area (Å²) >= 11 is 0. The lowest BCUT2D eigenvalue weighted by Crippen LogP contribution is -2.32. The third-order valence-corrected chi connectivity index (χ3v) is 4.94. The molecule has 152 valence electrons. The van der Waals surface area contributed by atoms with Crippen molar-refractivity contribution >= 4 is 11.7 Å². The highest BCUT2D eigenvalue weighted by Crippen LogP contribution is 2.54. The number of allylic oxidation sites excluding steroid dienone is 1. The lowest BCUT2D eigenvalue weighted by molar-refractivity contribution is -0.384. The number of non-ortho nitro benzene ring substituents is 1. The number of nitro benzene ring substituents is 1. The normalized spacial score (nSPS) is 17.7. The molecule has 0 bridgehead atoms. The summed E-state index contributed by atoms with van der Waals surface area (Å²) < 4.78 is 22.0. The van der Waals surface area contributed by atoms with Crippen molar-refractivity contribution in [1.82, 2.24) is 0 Å². The standard InChI is InChI=1S/C21H21NO7/c1-5-6-14-17(12-7-9-13(10-8-12)22(24)25)18-15(29-21(14)23)11-16(26-2)19(27-3)20(18)28-4/h5,7-11,14,17H,1,6H2,2-4H3/t14-,17+/m0/s1. The number of carbonyl (C=O) groups excluding carboxylic acids is 1. The minimum Gasteiger partial charge on any atom is -0.493 e.